The standard InChI is InChI=1S/C21H20FN3O4/c1-13(26)24-11-17-12-25(21(28)29-17)16-6-7-18(19(22)10-16)14-2-4-15(5-3-14)20(27)8-9-23/h2-7,10,17,20,27H,8,11-12H2,1H3,(H,24,26)/t17-,20+/m0/s1. The lowest BCUT2D eigenvalue weighted by molar-refractivity contribution is -0.119. The smallest absolute Gasteiger partial charge is 0.414 e. The highest BCUT2D eigenvalue weighted by atomic mass is 19.1. The summed E-state index contributed by atoms with van der Waals surface area (Å²) in [6.45, 7) is 1.78. The maximum atomic E-state index is 14.7. The molecule has 0 unspecified atom stereocenters. The first-order valence-corrected chi connectivity index (χ1v) is 9.06. The number of rotatable bonds is 6. The summed E-state index contributed by atoms with van der Waals surface area (Å²) < 4.78 is 19.9. The van der Waals surface area contributed by atoms with Crippen molar-refractivity contribution in [2.24, 2.45) is 0 Å². The number of hydrogen-bond acceptors (Lipinski definition) is 5. The molecule has 1 heterocycles. The highest BCUT2D eigenvalue weighted by Gasteiger charge is 2.32. The van der Waals surface area contributed by atoms with Crippen molar-refractivity contribution in [3.63, 3.8) is 0 Å². The van der Waals surface area contributed by atoms with Gasteiger partial charge in [-0.15, -0.1) is 0 Å². The van der Waals surface area contributed by atoms with E-state index in [1.54, 1.807) is 36.4 Å². The number of cyclic esters (lactones) is 1. The van der Waals surface area contributed by atoms with Gasteiger partial charge in [-0.05, 0) is 29.3 Å². The number of halogens is 1. The maximum absolute atomic E-state index is 14.7. The van der Waals surface area contributed by atoms with Crippen molar-refractivity contribution in [3.8, 4) is 17.2 Å². The molecule has 0 bridgehead atoms. The topological polar surface area (TPSA) is 103 Å². The lowest BCUT2D eigenvalue weighted by Crippen LogP contribution is -2.33. The number of hydrogen-bond donors (Lipinski definition) is 2. The molecule has 1 aliphatic rings. The van der Waals surface area contributed by atoms with Gasteiger partial charge < -0.3 is 15.2 Å². The summed E-state index contributed by atoms with van der Waals surface area (Å²) in [6, 6.07) is 13.0. The number of aliphatic hydroxyl groups is 1. The number of nitrogens with one attached hydrogen (secondary N) is 1. The van der Waals surface area contributed by atoms with Gasteiger partial charge in [0, 0.05) is 12.5 Å². The van der Waals surface area contributed by atoms with E-state index >= 15 is 0 Å². The second-order valence-electron chi connectivity index (χ2n) is 6.72. The Morgan fingerprint density at radius 2 is 2.10 bits per heavy atom. The molecular formula is C21H20FN3O4. The van der Waals surface area contributed by atoms with Crippen LogP contribution in [0.3, 0.4) is 0 Å². The van der Waals surface area contributed by atoms with E-state index in [9.17, 15) is 19.1 Å². The fraction of sp³-hybridized carbons (Fsp3) is 0.286. The molecule has 2 atom stereocenters. The molecule has 8 heteroatoms. The summed E-state index contributed by atoms with van der Waals surface area (Å²) in [5, 5.41) is 21.1. The molecule has 2 amide bonds. The van der Waals surface area contributed by atoms with Crippen molar-refractivity contribution in [1.29, 1.82) is 5.26 Å². The predicted octanol–water partition coefficient (Wildman–Crippen LogP) is 2.90. The van der Waals surface area contributed by atoms with E-state index in [2.05, 4.69) is 5.32 Å². The van der Waals surface area contributed by atoms with E-state index in [1.165, 1.54) is 17.9 Å². The van der Waals surface area contributed by atoms with Crippen LogP contribution in [-0.2, 0) is 9.53 Å². The maximum Gasteiger partial charge on any atom is 0.414 e. The normalized spacial score (nSPS) is 16.8. The van der Waals surface area contributed by atoms with Crippen LogP contribution >= 0.6 is 0 Å². The molecule has 0 aliphatic carbocycles. The van der Waals surface area contributed by atoms with E-state index in [0.717, 1.165) is 0 Å². The van der Waals surface area contributed by atoms with Crippen LogP contribution in [0.5, 0.6) is 0 Å². The first kappa shape index (κ1) is 20.3. The predicted molar refractivity (Wildman–Crippen MR) is 103 cm³/mol. The Morgan fingerprint density at radius 3 is 2.72 bits per heavy atom. The summed E-state index contributed by atoms with van der Waals surface area (Å²) in [7, 11) is 0. The highest BCUT2D eigenvalue weighted by Crippen LogP contribution is 2.30. The highest BCUT2D eigenvalue weighted by molar-refractivity contribution is 5.90. The summed E-state index contributed by atoms with van der Waals surface area (Å²) >= 11 is 0. The Hall–Kier alpha value is -3.44. The molecule has 0 saturated carbocycles. The number of aliphatic hydroxyl groups excluding tert-OH is 1. The van der Waals surface area contributed by atoms with Crippen LogP contribution in [-0.4, -0.2) is 36.3 Å². The number of anilines is 1. The van der Waals surface area contributed by atoms with Crippen molar-refractivity contribution >= 4 is 17.7 Å². The minimum atomic E-state index is -0.882. The van der Waals surface area contributed by atoms with Crippen LogP contribution in [0, 0.1) is 17.1 Å². The zero-order chi connectivity index (χ0) is 21.0. The number of ether oxygens (including phenoxy) is 1. The number of carbonyl (C=O) groups is 2. The summed E-state index contributed by atoms with van der Waals surface area (Å²) in [5.74, 6) is -0.730. The van der Waals surface area contributed by atoms with Gasteiger partial charge in [0.1, 0.15) is 11.9 Å². The molecule has 0 radical (unpaired) electrons. The molecule has 2 aromatic rings. The minimum absolute atomic E-state index is 0.0166. The summed E-state index contributed by atoms with van der Waals surface area (Å²) in [5.41, 5.74) is 1.90. The third kappa shape index (κ3) is 4.70. The van der Waals surface area contributed by atoms with Crippen LogP contribution in [0.15, 0.2) is 42.5 Å². The van der Waals surface area contributed by atoms with Gasteiger partial charge in [0.05, 0.1) is 37.4 Å². The van der Waals surface area contributed by atoms with Gasteiger partial charge in [-0.1, -0.05) is 24.3 Å². The number of carbonyl (C=O) groups excluding carboxylic acids is 2. The summed E-state index contributed by atoms with van der Waals surface area (Å²) in [6.07, 6.45) is -1.99. The van der Waals surface area contributed by atoms with Gasteiger partial charge in [0.2, 0.25) is 5.91 Å². The lowest BCUT2D eigenvalue weighted by atomic mass is 10.00. The second-order valence-corrected chi connectivity index (χ2v) is 6.72. The number of nitrogens with zero attached hydrogens (tertiary/aromatic N) is 2. The number of amides is 2. The van der Waals surface area contributed by atoms with Crippen molar-refractivity contribution in [2.45, 2.75) is 25.6 Å². The molecule has 2 aromatic carbocycles. The van der Waals surface area contributed by atoms with E-state index in [-0.39, 0.29) is 25.4 Å². The van der Waals surface area contributed by atoms with Gasteiger partial charge in [-0.25, -0.2) is 9.18 Å². The molecule has 29 heavy (non-hydrogen) atoms. The van der Waals surface area contributed by atoms with E-state index in [0.29, 0.717) is 22.4 Å². The molecule has 2 N–H and O–H groups in total. The minimum Gasteiger partial charge on any atom is -0.442 e. The van der Waals surface area contributed by atoms with Crippen molar-refractivity contribution in [2.75, 3.05) is 18.0 Å². The molecule has 7 nitrogen and oxygen atoms in total. The molecule has 1 saturated heterocycles. The molecule has 3 rings (SSSR count). The number of benzene rings is 2. The molecule has 150 valence electrons. The third-order valence-corrected chi connectivity index (χ3v) is 4.61. The molecular weight excluding hydrogens is 377 g/mol. The Balaban J connectivity index is 1.74. The zero-order valence-corrected chi connectivity index (χ0v) is 15.8. The third-order valence-electron chi connectivity index (χ3n) is 4.61. The SMILES string of the molecule is CC(=O)NC[C@H]1CN(c2ccc(-c3ccc([C@H](O)CC#N)cc3)c(F)c2)C(=O)O1. The van der Waals surface area contributed by atoms with Crippen LogP contribution in [0.4, 0.5) is 14.9 Å². The van der Waals surface area contributed by atoms with Gasteiger partial charge in [-0.2, -0.15) is 5.26 Å². The van der Waals surface area contributed by atoms with E-state index < -0.39 is 24.1 Å². The van der Waals surface area contributed by atoms with Gasteiger partial charge >= 0.3 is 6.09 Å². The molecule has 0 spiro atoms. The van der Waals surface area contributed by atoms with Crippen LogP contribution in [0.1, 0.15) is 25.0 Å². The Kier molecular flexibility index (Phi) is 6.10. The lowest BCUT2D eigenvalue weighted by Gasteiger charge is -2.15. The van der Waals surface area contributed by atoms with Gasteiger partial charge in [-0.3, -0.25) is 9.69 Å². The van der Waals surface area contributed by atoms with E-state index in [1.807, 2.05) is 6.07 Å². The first-order valence-electron chi connectivity index (χ1n) is 9.06. The largest absolute Gasteiger partial charge is 0.442 e. The van der Waals surface area contributed by atoms with Gasteiger partial charge in [0.25, 0.3) is 0 Å². The average Bonchev–Trinajstić information content (AvgIpc) is 3.07. The Bertz CT molecular complexity index is 955. The first-order chi connectivity index (χ1) is 13.9. The fourth-order valence-electron chi connectivity index (χ4n) is 3.09. The van der Waals surface area contributed by atoms with Crippen molar-refractivity contribution in [1.82, 2.24) is 5.32 Å². The zero-order valence-electron chi connectivity index (χ0n) is 15.8. The van der Waals surface area contributed by atoms with Crippen molar-refractivity contribution in [3.05, 3.63) is 53.8 Å². The van der Waals surface area contributed by atoms with Crippen molar-refractivity contribution < 1.29 is 23.8 Å². The summed E-state index contributed by atoms with van der Waals surface area (Å²) in [4.78, 5) is 24.4. The second kappa shape index (κ2) is 8.71. The Morgan fingerprint density at radius 1 is 1.38 bits per heavy atom. The van der Waals surface area contributed by atoms with Crippen LogP contribution in [0.25, 0.3) is 11.1 Å². The van der Waals surface area contributed by atoms with Gasteiger partial charge in [0.15, 0.2) is 0 Å². The van der Waals surface area contributed by atoms with Crippen LogP contribution in [0.2, 0.25) is 0 Å². The fourth-order valence-corrected chi connectivity index (χ4v) is 3.09. The van der Waals surface area contributed by atoms with E-state index in [4.69, 9.17) is 10.00 Å². The molecule has 0 aromatic heterocycles. The molecule has 1 fully saturated rings. The molecule has 1 aliphatic heterocycles. The quantitative estimate of drug-likeness (QED) is 0.780. The Labute approximate surface area is 167 Å². The average molecular weight is 397 g/mol. The van der Waals surface area contributed by atoms with Crippen LogP contribution < -0.4 is 10.2 Å². The monoisotopic (exact) mass is 397 g/mol. The number of nitriles is 1.